The Kier molecular flexibility index (Phi) is 5.99. The number of ether oxygens (including phenoxy) is 1. The van der Waals surface area contributed by atoms with Crippen molar-refractivity contribution in [2.24, 2.45) is 0 Å². The highest BCUT2D eigenvalue weighted by atomic mass is 127. The molecule has 2 rings (SSSR count). The van der Waals surface area contributed by atoms with Crippen LogP contribution in [0.25, 0.3) is 0 Å². The molecule has 1 heterocycles. The molecule has 1 N–H and O–H groups in total. The van der Waals surface area contributed by atoms with E-state index < -0.39 is 0 Å². The van der Waals surface area contributed by atoms with E-state index in [1.165, 1.54) is 6.07 Å². The molecule has 0 spiro atoms. The molecule has 0 aromatic heterocycles. The number of halogens is 1. The summed E-state index contributed by atoms with van der Waals surface area (Å²) in [6.45, 7) is 5.59. The highest BCUT2D eigenvalue weighted by Crippen LogP contribution is 2.23. The van der Waals surface area contributed by atoms with Gasteiger partial charge in [0, 0.05) is 41.0 Å². The molecule has 0 saturated carbocycles. The Bertz CT molecular complexity index is 464. The number of hydrogen-bond donors (Lipinski definition) is 1. The normalized spacial score (nSPS) is 16.1. The van der Waals surface area contributed by atoms with Crippen molar-refractivity contribution < 1.29 is 9.66 Å². The maximum atomic E-state index is 10.7. The van der Waals surface area contributed by atoms with Crippen LogP contribution in [0.1, 0.15) is 6.42 Å². The molecule has 7 heteroatoms. The standard InChI is InChI=1S/C13H18IN3O3/c14-12-10-11(17(18)19)2-3-13(12)15-4-1-5-16-6-8-20-9-7-16/h2-3,10,15H,1,4-9H2. The van der Waals surface area contributed by atoms with Crippen molar-refractivity contribution in [1.29, 1.82) is 0 Å². The van der Waals surface area contributed by atoms with Gasteiger partial charge in [-0.15, -0.1) is 0 Å². The first-order chi connectivity index (χ1) is 9.66. The van der Waals surface area contributed by atoms with E-state index in [0.717, 1.165) is 55.1 Å². The minimum atomic E-state index is -0.371. The minimum absolute atomic E-state index is 0.133. The topological polar surface area (TPSA) is 67.6 Å². The Morgan fingerprint density at radius 3 is 2.80 bits per heavy atom. The summed E-state index contributed by atoms with van der Waals surface area (Å²) in [5.74, 6) is 0. The lowest BCUT2D eigenvalue weighted by atomic mass is 10.2. The van der Waals surface area contributed by atoms with Crippen LogP contribution < -0.4 is 5.32 Å². The summed E-state index contributed by atoms with van der Waals surface area (Å²) in [4.78, 5) is 12.7. The Labute approximate surface area is 131 Å². The van der Waals surface area contributed by atoms with Gasteiger partial charge in [0.05, 0.1) is 18.1 Å². The first kappa shape index (κ1) is 15.5. The number of morpholine rings is 1. The molecule has 1 saturated heterocycles. The summed E-state index contributed by atoms with van der Waals surface area (Å²) in [6.07, 6.45) is 1.05. The third-order valence-electron chi connectivity index (χ3n) is 3.23. The minimum Gasteiger partial charge on any atom is -0.384 e. The zero-order valence-corrected chi connectivity index (χ0v) is 13.3. The zero-order valence-electron chi connectivity index (χ0n) is 11.2. The van der Waals surface area contributed by atoms with Gasteiger partial charge in [0.25, 0.3) is 5.69 Å². The Balaban J connectivity index is 1.74. The van der Waals surface area contributed by atoms with E-state index >= 15 is 0 Å². The van der Waals surface area contributed by atoms with E-state index in [2.05, 4.69) is 32.8 Å². The zero-order chi connectivity index (χ0) is 14.4. The molecule has 1 aromatic rings. The number of rotatable bonds is 6. The highest BCUT2D eigenvalue weighted by Gasteiger charge is 2.10. The van der Waals surface area contributed by atoms with Crippen LogP contribution in [0, 0.1) is 13.7 Å². The molecular formula is C13H18IN3O3. The molecule has 0 radical (unpaired) electrons. The second-order valence-electron chi connectivity index (χ2n) is 4.66. The predicted molar refractivity (Wildman–Crippen MR) is 86.2 cm³/mol. The van der Waals surface area contributed by atoms with Gasteiger partial charge in [-0.1, -0.05) is 0 Å². The Morgan fingerprint density at radius 1 is 1.40 bits per heavy atom. The fourth-order valence-electron chi connectivity index (χ4n) is 2.11. The number of nitrogens with zero attached hydrogens (tertiary/aromatic N) is 2. The van der Waals surface area contributed by atoms with Crippen molar-refractivity contribution in [3.8, 4) is 0 Å². The summed E-state index contributed by atoms with van der Waals surface area (Å²) in [5, 5.41) is 14.0. The molecule has 110 valence electrons. The number of benzene rings is 1. The molecule has 0 aliphatic carbocycles. The van der Waals surface area contributed by atoms with Crippen LogP contribution in [0.2, 0.25) is 0 Å². The van der Waals surface area contributed by atoms with E-state index in [1.54, 1.807) is 12.1 Å². The molecule has 0 bridgehead atoms. The Hall–Kier alpha value is -0.930. The van der Waals surface area contributed by atoms with Gasteiger partial charge < -0.3 is 10.1 Å². The van der Waals surface area contributed by atoms with Crippen LogP contribution in [0.4, 0.5) is 11.4 Å². The average Bonchev–Trinajstić information content (AvgIpc) is 2.46. The summed E-state index contributed by atoms with van der Waals surface area (Å²) < 4.78 is 6.19. The molecule has 6 nitrogen and oxygen atoms in total. The van der Waals surface area contributed by atoms with Crippen LogP contribution in [-0.4, -0.2) is 49.2 Å². The number of anilines is 1. The van der Waals surface area contributed by atoms with Gasteiger partial charge in [-0.05, 0) is 41.6 Å². The summed E-state index contributed by atoms with van der Waals surface area (Å²) in [6, 6.07) is 4.89. The maximum absolute atomic E-state index is 10.7. The van der Waals surface area contributed by atoms with Gasteiger partial charge in [-0.3, -0.25) is 15.0 Å². The monoisotopic (exact) mass is 391 g/mol. The van der Waals surface area contributed by atoms with E-state index in [9.17, 15) is 10.1 Å². The molecule has 0 atom stereocenters. The first-order valence-electron chi connectivity index (χ1n) is 6.65. The van der Waals surface area contributed by atoms with E-state index in [1.807, 2.05) is 0 Å². The third-order valence-corrected chi connectivity index (χ3v) is 4.13. The Morgan fingerprint density at radius 2 is 2.15 bits per heavy atom. The average molecular weight is 391 g/mol. The molecular weight excluding hydrogens is 373 g/mol. The lowest BCUT2D eigenvalue weighted by molar-refractivity contribution is -0.384. The molecule has 1 aliphatic heterocycles. The van der Waals surface area contributed by atoms with Crippen molar-refractivity contribution in [3.63, 3.8) is 0 Å². The van der Waals surface area contributed by atoms with Gasteiger partial charge in [0.2, 0.25) is 0 Å². The van der Waals surface area contributed by atoms with Gasteiger partial charge in [-0.25, -0.2) is 0 Å². The van der Waals surface area contributed by atoms with Gasteiger partial charge >= 0.3 is 0 Å². The fourth-order valence-corrected chi connectivity index (χ4v) is 2.80. The van der Waals surface area contributed by atoms with E-state index in [0.29, 0.717) is 0 Å². The number of nitro benzene ring substituents is 1. The number of nitrogens with one attached hydrogen (secondary N) is 1. The SMILES string of the molecule is O=[N+]([O-])c1ccc(NCCCN2CCOCC2)c(I)c1. The second-order valence-corrected chi connectivity index (χ2v) is 5.82. The lowest BCUT2D eigenvalue weighted by Crippen LogP contribution is -2.37. The van der Waals surface area contributed by atoms with Crippen molar-refractivity contribution in [2.45, 2.75) is 6.42 Å². The fraction of sp³-hybridized carbons (Fsp3) is 0.538. The predicted octanol–water partition coefficient (Wildman–Crippen LogP) is 2.33. The van der Waals surface area contributed by atoms with Crippen LogP contribution in [0.5, 0.6) is 0 Å². The van der Waals surface area contributed by atoms with E-state index in [-0.39, 0.29) is 10.6 Å². The third kappa shape index (κ3) is 4.57. The molecule has 1 fully saturated rings. The largest absolute Gasteiger partial charge is 0.384 e. The van der Waals surface area contributed by atoms with Crippen LogP contribution in [-0.2, 0) is 4.74 Å². The van der Waals surface area contributed by atoms with Crippen LogP contribution in [0.3, 0.4) is 0 Å². The molecule has 0 unspecified atom stereocenters. The van der Waals surface area contributed by atoms with Crippen LogP contribution >= 0.6 is 22.6 Å². The van der Waals surface area contributed by atoms with Crippen molar-refractivity contribution in [1.82, 2.24) is 4.90 Å². The summed E-state index contributed by atoms with van der Waals surface area (Å²) in [5.41, 5.74) is 1.09. The molecule has 1 aliphatic rings. The molecule has 20 heavy (non-hydrogen) atoms. The maximum Gasteiger partial charge on any atom is 0.270 e. The van der Waals surface area contributed by atoms with Crippen molar-refractivity contribution in [2.75, 3.05) is 44.7 Å². The molecule has 0 amide bonds. The molecule has 1 aromatic carbocycles. The van der Waals surface area contributed by atoms with Crippen molar-refractivity contribution >= 4 is 34.0 Å². The van der Waals surface area contributed by atoms with Crippen LogP contribution in [0.15, 0.2) is 18.2 Å². The highest BCUT2D eigenvalue weighted by molar-refractivity contribution is 14.1. The van der Waals surface area contributed by atoms with Gasteiger partial charge in [-0.2, -0.15) is 0 Å². The van der Waals surface area contributed by atoms with E-state index in [4.69, 9.17) is 4.74 Å². The number of non-ortho nitro benzene ring substituents is 1. The summed E-state index contributed by atoms with van der Waals surface area (Å²) in [7, 11) is 0. The smallest absolute Gasteiger partial charge is 0.270 e. The lowest BCUT2D eigenvalue weighted by Gasteiger charge is -2.26. The second kappa shape index (κ2) is 7.75. The van der Waals surface area contributed by atoms with Gasteiger partial charge in [0.1, 0.15) is 0 Å². The first-order valence-corrected chi connectivity index (χ1v) is 7.72. The number of hydrogen-bond acceptors (Lipinski definition) is 5. The summed E-state index contributed by atoms with van der Waals surface area (Å²) >= 11 is 2.12. The van der Waals surface area contributed by atoms with Crippen molar-refractivity contribution in [3.05, 3.63) is 31.9 Å². The van der Waals surface area contributed by atoms with Gasteiger partial charge in [0.15, 0.2) is 0 Å². The quantitative estimate of drug-likeness (QED) is 0.349. The number of nitro groups is 1.